The molecule has 0 amide bonds. The van der Waals surface area contributed by atoms with Gasteiger partial charge in [-0.1, -0.05) is 12.1 Å². The third-order valence-electron chi connectivity index (χ3n) is 2.58. The SMILES string of the molecule is CCOc1ccc(CC(C)NCCOC)cc1. The summed E-state index contributed by atoms with van der Waals surface area (Å²) >= 11 is 0. The van der Waals surface area contributed by atoms with Gasteiger partial charge in [0.1, 0.15) is 5.75 Å². The first kappa shape index (κ1) is 14.0. The van der Waals surface area contributed by atoms with Gasteiger partial charge in [-0.05, 0) is 38.0 Å². The van der Waals surface area contributed by atoms with E-state index in [1.54, 1.807) is 7.11 Å². The van der Waals surface area contributed by atoms with Gasteiger partial charge >= 0.3 is 0 Å². The maximum Gasteiger partial charge on any atom is 0.119 e. The first-order valence-electron chi connectivity index (χ1n) is 6.20. The number of ether oxygens (including phenoxy) is 2. The summed E-state index contributed by atoms with van der Waals surface area (Å²) in [5, 5.41) is 3.42. The number of benzene rings is 1. The molecule has 1 aromatic carbocycles. The molecule has 0 aliphatic heterocycles. The molecule has 0 saturated heterocycles. The van der Waals surface area contributed by atoms with Gasteiger partial charge in [-0.3, -0.25) is 0 Å². The Kier molecular flexibility index (Phi) is 6.67. The molecular weight excluding hydrogens is 214 g/mol. The number of methoxy groups -OCH3 is 1. The zero-order chi connectivity index (χ0) is 12.5. The van der Waals surface area contributed by atoms with Gasteiger partial charge in [0.15, 0.2) is 0 Å². The van der Waals surface area contributed by atoms with Crippen molar-refractivity contribution in [2.24, 2.45) is 0 Å². The molecule has 1 N–H and O–H groups in total. The molecule has 1 atom stereocenters. The van der Waals surface area contributed by atoms with Gasteiger partial charge in [0, 0.05) is 19.7 Å². The second-order valence-corrected chi connectivity index (χ2v) is 4.13. The number of nitrogens with one attached hydrogen (secondary N) is 1. The predicted molar refractivity (Wildman–Crippen MR) is 70.7 cm³/mol. The van der Waals surface area contributed by atoms with E-state index in [1.807, 2.05) is 19.1 Å². The Morgan fingerprint density at radius 3 is 2.53 bits per heavy atom. The maximum absolute atomic E-state index is 5.41. The van der Waals surface area contributed by atoms with Gasteiger partial charge in [-0.2, -0.15) is 0 Å². The van der Waals surface area contributed by atoms with Crippen LogP contribution in [0.15, 0.2) is 24.3 Å². The third kappa shape index (κ3) is 5.71. The van der Waals surface area contributed by atoms with E-state index >= 15 is 0 Å². The van der Waals surface area contributed by atoms with Crippen molar-refractivity contribution >= 4 is 0 Å². The Morgan fingerprint density at radius 2 is 1.94 bits per heavy atom. The largest absolute Gasteiger partial charge is 0.494 e. The molecule has 1 aromatic rings. The molecule has 0 radical (unpaired) electrons. The molecule has 0 fully saturated rings. The standard InChI is InChI=1S/C14H23NO2/c1-4-17-14-7-5-13(6-8-14)11-12(2)15-9-10-16-3/h5-8,12,15H,4,9-11H2,1-3H3. The fourth-order valence-corrected chi connectivity index (χ4v) is 1.72. The van der Waals surface area contributed by atoms with Crippen LogP contribution in [0.25, 0.3) is 0 Å². The highest BCUT2D eigenvalue weighted by Crippen LogP contribution is 2.13. The Hall–Kier alpha value is -1.06. The lowest BCUT2D eigenvalue weighted by Gasteiger charge is -2.13. The summed E-state index contributed by atoms with van der Waals surface area (Å²) < 4.78 is 10.4. The summed E-state index contributed by atoms with van der Waals surface area (Å²) in [7, 11) is 1.72. The third-order valence-corrected chi connectivity index (χ3v) is 2.58. The van der Waals surface area contributed by atoms with Crippen LogP contribution in [0, 0.1) is 0 Å². The van der Waals surface area contributed by atoms with E-state index in [-0.39, 0.29) is 0 Å². The molecule has 96 valence electrons. The second kappa shape index (κ2) is 8.09. The predicted octanol–water partition coefficient (Wildman–Crippen LogP) is 2.25. The first-order chi connectivity index (χ1) is 8.26. The van der Waals surface area contributed by atoms with Gasteiger partial charge in [0.05, 0.1) is 13.2 Å². The smallest absolute Gasteiger partial charge is 0.119 e. The van der Waals surface area contributed by atoms with E-state index in [2.05, 4.69) is 24.4 Å². The lowest BCUT2D eigenvalue weighted by atomic mass is 10.1. The molecule has 3 nitrogen and oxygen atoms in total. The van der Waals surface area contributed by atoms with E-state index in [1.165, 1.54) is 5.56 Å². The summed E-state index contributed by atoms with van der Waals surface area (Å²) in [6, 6.07) is 8.77. The van der Waals surface area contributed by atoms with Crippen LogP contribution in [0.1, 0.15) is 19.4 Å². The quantitative estimate of drug-likeness (QED) is 0.703. The van der Waals surface area contributed by atoms with Gasteiger partial charge < -0.3 is 14.8 Å². The van der Waals surface area contributed by atoms with Crippen molar-refractivity contribution < 1.29 is 9.47 Å². The zero-order valence-corrected chi connectivity index (χ0v) is 11.0. The normalized spacial score (nSPS) is 12.4. The Balaban J connectivity index is 2.34. The van der Waals surface area contributed by atoms with Crippen molar-refractivity contribution in [2.75, 3.05) is 26.9 Å². The van der Waals surface area contributed by atoms with Crippen molar-refractivity contribution in [1.82, 2.24) is 5.32 Å². The number of hydrogen-bond donors (Lipinski definition) is 1. The molecule has 17 heavy (non-hydrogen) atoms. The van der Waals surface area contributed by atoms with Crippen LogP contribution in [0.4, 0.5) is 0 Å². The van der Waals surface area contributed by atoms with Crippen LogP contribution in [0.2, 0.25) is 0 Å². The van der Waals surface area contributed by atoms with E-state index in [4.69, 9.17) is 9.47 Å². The van der Waals surface area contributed by atoms with Crippen LogP contribution in [-0.4, -0.2) is 32.9 Å². The highest BCUT2D eigenvalue weighted by Gasteiger charge is 2.02. The first-order valence-corrected chi connectivity index (χ1v) is 6.20. The fraction of sp³-hybridized carbons (Fsp3) is 0.571. The van der Waals surface area contributed by atoms with Crippen molar-refractivity contribution in [3.8, 4) is 5.75 Å². The highest BCUT2D eigenvalue weighted by molar-refractivity contribution is 5.27. The summed E-state index contributed by atoms with van der Waals surface area (Å²) in [5.41, 5.74) is 1.32. The van der Waals surface area contributed by atoms with E-state index in [9.17, 15) is 0 Å². The molecule has 0 heterocycles. The van der Waals surface area contributed by atoms with Crippen LogP contribution in [0.5, 0.6) is 5.75 Å². The summed E-state index contributed by atoms with van der Waals surface area (Å²) in [6.45, 7) is 6.55. The lowest BCUT2D eigenvalue weighted by Crippen LogP contribution is -2.30. The summed E-state index contributed by atoms with van der Waals surface area (Å²) in [6.07, 6.45) is 1.02. The topological polar surface area (TPSA) is 30.5 Å². The Bertz CT molecular complexity index is 298. The molecule has 0 saturated carbocycles. The van der Waals surface area contributed by atoms with Gasteiger partial charge in [0.25, 0.3) is 0 Å². The van der Waals surface area contributed by atoms with Crippen molar-refractivity contribution in [3.05, 3.63) is 29.8 Å². The number of hydrogen-bond acceptors (Lipinski definition) is 3. The number of rotatable bonds is 8. The minimum absolute atomic E-state index is 0.461. The molecule has 0 aliphatic carbocycles. The molecule has 0 aromatic heterocycles. The van der Waals surface area contributed by atoms with Crippen molar-refractivity contribution in [3.63, 3.8) is 0 Å². The van der Waals surface area contributed by atoms with E-state index in [0.717, 1.165) is 25.3 Å². The van der Waals surface area contributed by atoms with E-state index in [0.29, 0.717) is 12.6 Å². The molecule has 1 unspecified atom stereocenters. The molecule has 3 heteroatoms. The van der Waals surface area contributed by atoms with Crippen molar-refractivity contribution in [2.45, 2.75) is 26.3 Å². The second-order valence-electron chi connectivity index (χ2n) is 4.13. The Morgan fingerprint density at radius 1 is 1.24 bits per heavy atom. The summed E-state index contributed by atoms with van der Waals surface area (Å²) in [4.78, 5) is 0. The van der Waals surface area contributed by atoms with Crippen LogP contribution < -0.4 is 10.1 Å². The van der Waals surface area contributed by atoms with Crippen LogP contribution >= 0.6 is 0 Å². The average Bonchev–Trinajstić information content (AvgIpc) is 2.32. The monoisotopic (exact) mass is 237 g/mol. The molecule has 0 aliphatic rings. The minimum Gasteiger partial charge on any atom is -0.494 e. The average molecular weight is 237 g/mol. The van der Waals surface area contributed by atoms with Gasteiger partial charge in [0.2, 0.25) is 0 Å². The Labute approximate surface area is 104 Å². The summed E-state index contributed by atoms with van der Waals surface area (Å²) in [5.74, 6) is 0.941. The molecular formula is C14H23NO2. The molecule has 1 rings (SSSR count). The lowest BCUT2D eigenvalue weighted by molar-refractivity contribution is 0.196. The van der Waals surface area contributed by atoms with Crippen LogP contribution in [-0.2, 0) is 11.2 Å². The molecule has 0 bridgehead atoms. The van der Waals surface area contributed by atoms with Crippen LogP contribution in [0.3, 0.4) is 0 Å². The minimum atomic E-state index is 0.461. The zero-order valence-electron chi connectivity index (χ0n) is 11.0. The van der Waals surface area contributed by atoms with Crippen molar-refractivity contribution in [1.29, 1.82) is 0 Å². The fourth-order valence-electron chi connectivity index (χ4n) is 1.72. The van der Waals surface area contributed by atoms with E-state index < -0.39 is 0 Å². The maximum atomic E-state index is 5.41. The van der Waals surface area contributed by atoms with Gasteiger partial charge in [-0.25, -0.2) is 0 Å². The van der Waals surface area contributed by atoms with Gasteiger partial charge in [-0.15, -0.1) is 0 Å². The molecule has 0 spiro atoms. The highest BCUT2D eigenvalue weighted by atomic mass is 16.5.